The van der Waals surface area contributed by atoms with E-state index in [1.54, 1.807) is 0 Å². The number of fused-ring (bicyclic) bond motifs is 1. The summed E-state index contributed by atoms with van der Waals surface area (Å²) < 4.78 is 41.1. The lowest BCUT2D eigenvalue weighted by molar-refractivity contribution is -0.137. The minimum Gasteiger partial charge on any atom is -0.364 e. The summed E-state index contributed by atoms with van der Waals surface area (Å²) in [5.41, 5.74) is 1.08. The average Bonchev–Trinajstić information content (AvgIpc) is 2.84. The predicted molar refractivity (Wildman–Crippen MR) is 93.5 cm³/mol. The third-order valence-corrected chi connectivity index (χ3v) is 4.32. The molecule has 8 heteroatoms. The molecule has 0 fully saturated rings. The molecule has 0 bridgehead atoms. The summed E-state index contributed by atoms with van der Waals surface area (Å²) in [5, 5.41) is 7.33. The summed E-state index contributed by atoms with van der Waals surface area (Å²) in [6.07, 6.45) is -2.06. The number of nitrogens with zero attached hydrogens (tertiary/aromatic N) is 4. The Kier molecular flexibility index (Phi) is 5.50. The smallest absolute Gasteiger partial charge is 0.364 e. The molecule has 1 aliphatic rings. The van der Waals surface area contributed by atoms with Gasteiger partial charge < -0.3 is 5.32 Å². The van der Waals surface area contributed by atoms with Crippen LogP contribution < -0.4 is 5.32 Å². The molecular formula is C18H24F3N5. The first-order chi connectivity index (χ1) is 12.3. The quantitative estimate of drug-likeness (QED) is 0.874. The van der Waals surface area contributed by atoms with Crippen LogP contribution in [0.15, 0.2) is 24.4 Å². The molecule has 0 saturated heterocycles. The first-order valence-corrected chi connectivity index (χ1v) is 8.87. The molecule has 0 saturated carbocycles. The van der Waals surface area contributed by atoms with E-state index >= 15 is 0 Å². The van der Waals surface area contributed by atoms with Gasteiger partial charge in [0.1, 0.15) is 5.82 Å². The van der Waals surface area contributed by atoms with Crippen LogP contribution in [-0.2, 0) is 25.8 Å². The highest BCUT2D eigenvalue weighted by atomic mass is 19.4. The molecule has 26 heavy (non-hydrogen) atoms. The first kappa shape index (κ1) is 18.7. The molecule has 0 aliphatic carbocycles. The predicted octanol–water partition coefficient (Wildman–Crippen LogP) is 3.77. The van der Waals surface area contributed by atoms with Crippen molar-refractivity contribution in [2.75, 3.05) is 18.4 Å². The van der Waals surface area contributed by atoms with E-state index in [-0.39, 0.29) is 12.4 Å². The number of halogens is 3. The van der Waals surface area contributed by atoms with Crippen molar-refractivity contribution in [1.29, 1.82) is 0 Å². The average molecular weight is 367 g/mol. The topological polar surface area (TPSA) is 46.0 Å². The van der Waals surface area contributed by atoms with Gasteiger partial charge in [-0.3, -0.25) is 9.58 Å². The zero-order valence-electron chi connectivity index (χ0n) is 15.1. The molecule has 2 aromatic heterocycles. The Balaban J connectivity index is 1.70. The van der Waals surface area contributed by atoms with Crippen LogP contribution in [0.3, 0.4) is 0 Å². The molecule has 142 valence electrons. The van der Waals surface area contributed by atoms with Crippen molar-refractivity contribution < 1.29 is 13.2 Å². The highest BCUT2D eigenvalue weighted by Crippen LogP contribution is 2.33. The molecule has 0 spiro atoms. The SMILES string of the molecule is CC(C)CN1CCCn2nc(CNc3ncccc3C(F)(F)F)cc2C1. The molecule has 3 rings (SSSR count). The van der Waals surface area contributed by atoms with E-state index in [9.17, 15) is 13.2 Å². The van der Waals surface area contributed by atoms with Crippen molar-refractivity contribution in [2.24, 2.45) is 5.92 Å². The van der Waals surface area contributed by atoms with Crippen molar-refractivity contribution in [3.05, 3.63) is 41.3 Å². The van der Waals surface area contributed by atoms with E-state index in [4.69, 9.17) is 0 Å². The molecule has 0 aromatic carbocycles. The summed E-state index contributed by atoms with van der Waals surface area (Å²) in [6, 6.07) is 4.29. The lowest BCUT2D eigenvalue weighted by atomic mass is 10.2. The number of aromatic nitrogens is 3. The van der Waals surface area contributed by atoms with Crippen molar-refractivity contribution in [1.82, 2.24) is 19.7 Å². The molecule has 1 aliphatic heterocycles. The van der Waals surface area contributed by atoms with Gasteiger partial charge in [-0.2, -0.15) is 18.3 Å². The zero-order valence-corrected chi connectivity index (χ0v) is 15.1. The second kappa shape index (κ2) is 7.65. The summed E-state index contributed by atoms with van der Waals surface area (Å²) in [4.78, 5) is 6.23. The van der Waals surface area contributed by atoms with Gasteiger partial charge in [-0.1, -0.05) is 13.8 Å². The fourth-order valence-electron chi connectivity index (χ4n) is 3.30. The Morgan fingerprint density at radius 3 is 2.81 bits per heavy atom. The number of hydrogen-bond donors (Lipinski definition) is 1. The van der Waals surface area contributed by atoms with Crippen molar-refractivity contribution in [3.8, 4) is 0 Å². The maximum absolute atomic E-state index is 13.0. The first-order valence-electron chi connectivity index (χ1n) is 8.87. The zero-order chi connectivity index (χ0) is 18.7. The molecular weight excluding hydrogens is 343 g/mol. The maximum Gasteiger partial charge on any atom is 0.419 e. The number of alkyl halides is 3. The van der Waals surface area contributed by atoms with Crippen molar-refractivity contribution >= 4 is 5.82 Å². The highest BCUT2D eigenvalue weighted by molar-refractivity contribution is 5.45. The van der Waals surface area contributed by atoms with Crippen LogP contribution in [0.5, 0.6) is 0 Å². The van der Waals surface area contributed by atoms with Crippen LogP contribution in [0.4, 0.5) is 19.0 Å². The molecule has 3 heterocycles. The van der Waals surface area contributed by atoms with Crippen molar-refractivity contribution in [2.45, 2.75) is 46.1 Å². The van der Waals surface area contributed by atoms with Gasteiger partial charge in [0, 0.05) is 32.4 Å². The van der Waals surface area contributed by atoms with E-state index in [1.165, 1.54) is 12.3 Å². The Labute approximate surface area is 151 Å². The fourth-order valence-corrected chi connectivity index (χ4v) is 3.30. The number of rotatable bonds is 5. The Bertz CT molecular complexity index is 739. The summed E-state index contributed by atoms with van der Waals surface area (Å²) >= 11 is 0. The van der Waals surface area contributed by atoms with Gasteiger partial charge in [0.25, 0.3) is 0 Å². The van der Waals surface area contributed by atoms with Crippen LogP contribution in [0.25, 0.3) is 0 Å². The lowest BCUT2D eigenvalue weighted by Crippen LogP contribution is -2.27. The number of aryl methyl sites for hydroxylation is 1. The van der Waals surface area contributed by atoms with Gasteiger partial charge >= 0.3 is 6.18 Å². The third kappa shape index (κ3) is 4.55. The molecule has 0 radical (unpaired) electrons. The van der Waals surface area contributed by atoms with Gasteiger partial charge in [-0.05, 0) is 30.5 Å². The van der Waals surface area contributed by atoms with Crippen LogP contribution in [0.2, 0.25) is 0 Å². The largest absolute Gasteiger partial charge is 0.419 e. The van der Waals surface area contributed by atoms with E-state index in [0.717, 1.165) is 50.1 Å². The van der Waals surface area contributed by atoms with Crippen LogP contribution in [-0.4, -0.2) is 32.8 Å². The number of nitrogens with one attached hydrogen (secondary N) is 1. The molecule has 1 N–H and O–H groups in total. The molecule has 0 unspecified atom stereocenters. The van der Waals surface area contributed by atoms with Crippen LogP contribution >= 0.6 is 0 Å². The minimum atomic E-state index is -4.43. The van der Waals surface area contributed by atoms with Gasteiger partial charge in [-0.25, -0.2) is 4.98 Å². The van der Waals surface area contributed by atoms with Crippen LogP contribution in [0.1, 0.15) is 37.2 Å². The van der Waals surface area contributed by atoms with E-state index < -0.39 is 11.7 Å². The Morgan fingerprint density at radius 2 is 2.08 bits per heavy atom. The fraction of sp³-hybridized carbons (Fsp3) is 0.556. The van der Waals surface area contributed by atoms with E-state index in [0.29, 0.717) is 5.92 Å². The van der Waals surface area contributed by atoms with E-state index in [1.807, 2.05) is 10.7 Å². The third-order valence-electron chi connectivity index (χ3n) is 4.32. The van der Waals surface area contributed by atoms with E-state index in [2.05, 4.69) is 34.1 Å². The normalized spacial score (nSPS) is 15.8. The standard InChI is InChI=1S/C18H24F3N5/c1-13(2)11-25-7-4-8-26-15(12-25)9-14(24-26)10-23-17-16(18(19,20)21)5-3-6-22-17/h3,5-6,9,13H,4,7-8,10-12H2,1-2H3,(H,22,23). The second-order valence-corrected chi connectivity index (χ2v) is 7.08. The van der Waals surface area contributed by atoms with Gasteiger partial charge in [0.15, 0.2) is 0 Å². The summed E-state index contributed by atoms with van der Waals surface area (Å²) in [6.45, 7) is 8.33. The van der Waals surface area contributed by atoms with Gasteiger partial charge in [0.05, 0.1) is 23.5 Å². The monoisotopic (exact) mass is 367 g/mol. The molecule has 5 nitrogen and oxygen atoms in total. The highest BCUT2D eigenvalue weighted by Gasteiger charge is 2.34. The minimum absolute atomic E-state index is 0.162. The Hall–Kier alpha value is -2.09. The maximum atomic E-state index is 13.0. The number of hydrogen-bond acceptors (Lipinski definition) is 4. The second-order valence-electron chi connectivity index (χ2n) is 7.08. The molecule has 0 amide bonds. The number of pyridine rings is 1. The Morgan fingerprint density at radius 1 is 1.27 bits per heavy atom. The van der Waals surface area contributed by atoms with Crippen molar-refractivity contribution in [3.63, 3.8) is 0 Å². The summed E-state index contributed by atoms with van der Waals surface area (Å²) in [7, 11) is 0. The molecule has 2 aromatic rings. The van der Waals surface area contributed by atoms with Crippen LogP contribution in [0, 0.1) is 5.92 Å². The lowest BCUT2D eigenvalue weighted by Gasteiger charge is -2.21. The molecule has 0 atom stereocenters. The van der Waals surface area contributed by atoms with Gasteiger partial charge in [0.2, 0.25) is 0 Å². The number of anilines is 1. The van der Waals surface area contributed by atoms with Gasteiger partial charge in [-0.15, -0.1) is 0 Å². The summed E-state index contributed by atoms with van der Waals surface area (Å²) in [5.74, 6) is 0.431.